The summed E-state index contributed by atoms with van der Waals surface area (Å²) in [6.07, 6.45) is 3.42. The number of thioether (sulfide) groups is 1. The summed E-state index contributed by atoms with van der Waals surface area (Å²) in [5, 5.41) is 12.1. The molecule has 2 amide bonds. The highest BCUT2D eigenvalue weighted by Crippen LogP contribution is 2.34. The molecule has 1 saturated heterocycles. The summed E-state index contributed by atoms with van der Waals surface area (Å²) < 4.78 is 15.0. The molecule has 0 spiro atoms. The molecule has 1 fully saturated rings. The van der Waals surface area contributed by atoms with E-state index in [1.807, 2.05) is 40.7 Å². The minimum atomic E-state index is -0.362. The Balaban J connectivity index is 1.49. The van der Waals surface area contributed by atoms with Crippen molar-refractivity contribution in [1.29, 1.82) is 0 Å². The topological polar surface area (TPSA) is 80.1 Å². The Kier molecular flexibility index (Phi) is 7.42. The number of allylic oxidation sites excluding steroid dienone is 1. The molecule has 3 aromatic rings. The SMILES string of the molecule is C=CCn1c(SCC(=O)Nc2ccc(F)cc2)nnc1C1CCCN1C(=O)c1ccccc1C. The van der Waals surface area contributed by atoms with Crippen LogP contribution in [0, 0.1) is 12.7 Å². The number of rotatable bonds is 8. The number of carbonyl (C=O) groups is 2. The molecule has 1 aliphatic rings. The van der Waals surface area contributed by atoms with Crippen molar-refractivity contribution >= 4 is 29.3 Å². The van der Waals surface area contributed by atoms with Crippen molar-refractivity contribution < 1.29 is 14.0 Å². The average Bonchev–Trinajstić information content (AvgIpc) is 3.46. The van der Waals surface area contributed by atoms with Gasteiger partial charge in [-0.3, -0.25) is 9.59 Å². The highest BCUT2D eigenvalue weighted by atomic mass is 32.2. The van der Waals surface area contributed by atoms with E-state index in [0.29, 0.717) is 35.3 Å². The number of nitrogens with zero attached hydrogens (tertiary/aromatic N) is 4. The van der Waals surface area contributed by atoms with Crippen LogP contribution in [0.4, 0.5) is 10.1 Å². The Morgan fingerprint density at radius 1 is 1.21 bits per heavy atom. The molecule has 0 saturated carbocycles. The number of carbonyl (C=O) groups excluding carboxylic acids is 2. The van der Waals surface area contributed by atoms with Crippen LogP contribution in [0.1, 0.15) is 40.6 Å². The standard InChI is InChI=1S/C25H26FN5O2S/c1-3-14-31-23(21-9-6-15-30(21)24(33)20-8-5-4-7-17(20)2)28-29-25(31)34-16-22(32)27-19-12-10-18(26)11-13-19/h3-5,7-8,10-13,21H,1,6,9,14-16H2,2H3,(H,27,32). The van der Waals surface area contributed by atoms with E-state index in [0.717, 1.165) is 18.4 Å². The zero-order valence-electron chi connectivity index (χ0n) is 18.9. The lowest BCUT2D eigenvalue weighted by Gasteiger charge is -2.25. The molecule has 1 aliphatic heterocycles. The highest BCUT2D eigenvalue weighted by Gasteiger charge is 2.35. The summed E-state index contributed by atoms with van der Waals surface area (Å²) in [4.78, 5) is 27.5. The van der Waals surface area contributed by atoms with Crippen molar-refractivity contribution in [1.82, 2.24) is 19.7 Å². The number of halogens is 1. The molecule has 9 heteroatoms. The second-order valence-corrected chi connectivity index (χ2v) is 9.00. The van der Waals surface area contributed by atoms with Crippen LogP contribution >= 0.6 is 11.8 Å². The van der Waals surface area contributed by atoms with Crippen LogP contribution in [0.2, 0.25) is 0 Å². The van der Waals surface area contributed by atoms with Gasteiger partial charge < -0.3 is 14.8 Å². The van der Waals surface area contributed by atoms with Crippen molar-refractivity contribution in [3.8, 4) is 0 Å². The summed E-state index contributed by atoms with van der Waals surface area (Å²) >= 11 is 1.26. The Morgan fingerprint density at radius 2 is 1.97 bits per heavy atom. The summed E-state index contributed by atoms with van der Waals surface area (Å²) in [7, 11) is 0. The largest absolute Gasteiger partial charge is 0.328 e. The molecule has 176 valence electrons. The fourth-order valence-corrected chi connectivity index (χ4v) is 4.82. The number of benzene rings is 2. The van der Waals surface area contributed by atoms with Crippen LogP contribution in [-0.2, 0) is 11.3 Å². The van der Waals surface area contributed by atoms with Crippen molar-refractivity contribution in [2.45, 2.75) is 37.5 Å². The molecule has 1 unspecified atom stereocenters. The predicted octanol–water partition coefficient (Wildman–Crippen LogP) is 4.62. The van der Waals surface area contributed by atoms with Crippen LogP contribution in [0.5, 0.6) is 0 Å². The first-order chi connectivity index (χ1) is 16.5. The van der Waals surface area contributed by atoms with Crippen molar-refractivity contribution in [2.75, 3.05) is 17.6 Å². The van der Waals surface area contributed by atoms with E-state index in [4.69, 9.17) is 0 Å². The highest BCUT2D eigenvalue weighted by molar-refractivity contribution is 7.99. The van der Waals surface area contributed by atoms with Gasteiger partial charge in [0, 0.05) is 24.3 Å². The summed E-state index contributed by atoms with van der Waals surface area (Å²) in [5.74, 6) is 0.202. The third-order valence-electron chi connectivity index (χ3n) is 5.70. The quantitative estimate of drug-likeness (QED) is 0.377. The number of aromatic nitrogens is 3. The number of likely N-dealkylation sites (tertiary alicyclic amines) is 1. The predicted molar refractivity (Wildman–Crippen MR) is 130 cm³/mol. The van der Waals surface area contributed by atoms with Crippen molar-refractivity contribution in [3.05, 3.63) is 84.0 Å². The molecule has 2 heterocycles. The zero-order chi connectivity index (χ0) is 24.1. The van der Waals surface area contributed by atoms with E-state index in [9.17, 15) is 14.0 Å². The third-order valence-corrected chi connectivity index (χ3v) is 6.67. The molecule has 0 aliphatic carbocycles. The van der Waals surface area contributed by atoms with Gasteiger partial charge in [0.15, 0.2) is 11.0 Å². The Hall–Kier alpha value is -3.46. The molecule has 1 atom stereocenters. The number of anilines is 1. The second kappa shape index (κ2) is 10.6. The summed E-state index contributed by atoms with van der Waals surface area (Å²) in [6, 6.07) is 13.0. The number of amides is 2. The summed E-state index contributed by atoms with van der Waals surface area (Å²) in [6.45, 7) is 6.89. The summed E-state index contributed by atoms with van der Waals surface area (Å²) in [5.41, 5.74) is 2.15. The lowest BCUT2D eigenvalue weighted by atomic mass is 10.1. The van der Waals surface area contributed by atoms with Crippen LogP contribution in [0.15, 0.2) is 66.3 Å². The molecule has 0 bridgehead atoms. The van der Waals surface area contributed by atoms with E-state index in [-0.39, 0.29) is 29.4 Å². The average molecular weight is 480 g/mol. The first-order valence-corrected chi connectivity index (χ1v) is 12.1. The van der Waals surface area contributed by atoms with Gasteiger partial charge in [0.1, 0.15) is 5.82 Å². The number of hydrogen-bond donors (Lipinski definition) is 1. The van der Waals surface area contributed by atoms with Crippen LogP contribution in [0.25, 0.3) is 0 Å². The number of aryl methyl sites for hydroxylation is 1. The number of nitrogens with one attached hydrogen (secondary N) is 1. The van der Waals surface area contributed by atoms with E-state index < -0.39 is 0 Å². The zero-order valence-corrected chi connectivity index (χ0v) is 19.7. The van der Waals surface area contributed by atoms with Crippen LogP contribution in [-0.4, -0.2) is 43.8 Å². The molecular formula is C25H26FN5O2S. The van der Waals surface area contributed by atoms with Crippen molar-refractivity contribution in [2.24, 2.45) is 0 Å². The van der Waals surface area contributed by atoms with Gasteiger partial charge >= 0.3 is 0 Å². The molecule has 4 rings (SSSR count). The third kappa shape index (κ3) is 5.20. The van der Waals surface area contributed by atoms with E-state index in [1.165, 1.54) is 36.0 Å². The first kappa shape index (κ1) is 23.7. The van der Waals surface area contributed by atoms with E-state index >= 15 is 0 Å². The minimum Gasteiger partial charge on any atom is -0.328 e. The minimum absolute atomic E-state index is 0.0124. The van der Waals surface area contributed by atoms with Gasteiger partial charge in [-0.2, -0.15) is 0 Å². The maximum atomic E-state index is 13.3. The van der Waals surface area contributed by atoms with Crippen molar-refractivity contribution in [3.63, 3.8) is 0 Å². The van der Waals surface area contributed by atoms with Crippen LogP contribution in [0.3, 0.4) is 0 Å². The van der Waals surface area contributed by atoms with Gasteiger partial charge in [-0.15, -0.1) is 16.8 Å². The van der Waals surface area contributed by atoms with Gasteiger partial charge in [0.05, 0.1) is 11.8 Å². The Labute approximate surface area is 202 Å². The molecule has 34 heavy (non-hydrogen) atoms. The van der Waals surface area contributed by atoms with Gasteiger partial charge in [0.2, 0.25) is 5.91 Å². The molecule has 1 N–H and O–H groups in total. The number of hydrogen-bond acceptors (Lipinski definition) is 5. The van der Waals surface area contributed by atoms with Gasteiger partial charge in [0.25, 0.3) is 5.91 Å². The molecular weight excluding hydrogens is 453 g/mol. The van der Waals surface area contributed by atoms with Gasteiger partial charge in [-0.05, 0) is 55.7 Å². The van der Waals surface area contributed by atoms with Gasteiger partial charge in [-0.25, -0.2) is 4.39 Å². The molecule has 7 nitrogen and oxygen atoms in total. The molecule has 1 aromatic heterocycles. The molecule has 0 radical (unpaired) electrons. The smallest absolute Gasteiger partial charge is 0.254 e. The Morgan fingerprint density at radius 3 is 2.71 bits per heavy atom. The Bertz CT molecular complexity index is 1190. The second-order valence-electron chi connectivity index (χ2n) is 8.06. The van der Waals surface area contributed by atoms with Crippen LogP contribution < -0.4 is 5.32 Å². The lowest BCUT2D eigenvalue weighted by molar-refractivity contribution is -0.113. The maximum absolute atomic E-state index is 13.3. The maximum Gasteiger partial charge on any atom is 0.254 e. The van der Waals surface area contributed by atoms with E-state index in [2.05, 4.69) is 22.1 Å². The van der Waals surface area contributed by atoms with E-state index in [1.54, 1.807) is 6.08 Å². The van der Waals surface area contributed by atoms with Gasteiger partial charge in [-0.1, -0.05) is 36.0 Å². The lowest BCUT2D eigenvalue weighted by Crippen LogP contribution is -2.32. The fourth-order valence-electron chi connectivity index (χ4n) is 4.06. The monoisotopic (exact) mass is 479 g/mol. The first-order valence-electron chi connectivity index (χ1n) is 11.1. The fraction of sp³-hybridized carbons (Fsp3) is 0.280. The molecule has 2 aromatic carbocycles. The normalized spacial score (nSPS) is 15.4.